The minimum atomic E-state index is -0.309. The average molecular weight is 331 g/mol. The van der Waals surface area contributed by atoms with Crippen molar-refractivity contribution in [3.63, 3.8) is 0 Å². The molecule has 3 rings (SSSR count). The second kappa shape index (κ2) is 7.88. The number of hydrazone groups is 1. The van der Waals surface area contributed by atoms with Crippen LogP contribution in [0.2, 0.25) is 0 Å². The number of pyridine rings is 1. The maximum atomic E-state index is 12.4. The summed E-state index contributed by atoms with van der Waals surface area (Å²) in [6, 6.07) is 20.3. The number of methoxy groups -OCH3 is 1. The van der Waals surface area contributed by atoms with Gasteiger partial charge in [0.25, 0.3) is 5.91 Å². The van der Waals surface area contributed by atoms with Crippen molar-refractivity contribution < 1.29 is 9.53 Å². The van der Waals surface area contributed by atoms with E-state index in [0.717, 1.165) is 11.1 Å². The van der Waals surface area contributed by atoms with Gasteiger partial charge >= 0.3 is 0 Å². The van der Waals surface area contributed by atoms with Crippen LogP contribution >= 0.6 is 0 Å². The van der Waals surface area contributed by atoms with E-state index in [4.69, 9.17) is 4.74 Å². The predicted octanol–water partition coefficient (Wildman–Crippen LogP) is 3.27. The fourth-order valence-electron chi connectivity index (χ4n) is 2.33. The summed E-state index contributed by atoms with van der Waals surface area (Å²) in [5.74, 6) is 0.309. The number of hydrogen-bond acceptors (Lipinski definition) is 4. The van der Waals surface area contributed by atoms with E-state index in [9.17, 15) is 4.79 Å². The smallest absolute Gasteiger partial charge is 0.271 e. The number of aromatic nitrogens is 1. The summed E-state index contributed by atoms with van der Waals surface area (Å²) in [4.78, 5) is 16.5. The van der Waals surface area contributed by atoms with Crippen LogP contribution in [0.4, 0.5) is 0 Å². The molecule has 0 radical (unpaired) electrons. The Balaban J connectivity index is 1.90. The predicted molar refractivity (Wildman–Crippen MR) is 96.8 cm³/mol. The Hall–Kier alpha value is -3.47. The zero-order valence-corrected chi connectivity index (χ0v) is 13.7. The van der Waals surface area contributed by atoms with Gasteiger partial charge in [-0.2, -0.15) is 5.10 Å². The number of nitrogens with zero attached hydrogens (tertiary/aromatic N) is 2. The molecule has 1 aromatic heterocycles. The molecule has 1 amide bonds. The highest BCUT2D eigenvalue weighted by atomic mass is 16.5. The minimum Gasteiger partial charge on any atom is -0.497 e. The number of amides is 1. The van der Waals surface area contributed by atoms with Gasteiger partial charge in [-0.05, 0) is 30.3 Å². The lowest BCUT2D eigenvalue weighted by atomic mass is 10.0. The molecule has 0 aliphatic carbocycles. The van der Waals surface area contributed by atoms with Gasteiger partial charge in [0, 0.05) is 29.1 Å². The van der Waals surface area contributed by atoms with E-state index in [1.807, 2.05) is 42.5 Å². The molecule has 0 fully saturated rings. The molecule has 1 heterocycles. The number of rotatable bonds is 5. The fourth-order valence-corrected chi connectivity index (χ4v) is 2.33. The van der Waals surface area contributed by atoms with E-state index >= 15 is 0 Å². The maximum Gasteiger partial charge on any atom is 0.271 e. The molecule has 0 aliphatic rings. The number of carbonyl (C=O) groups excluding carboxylic acids is 1. The van der Waals surface area contributed by atoms with E-state index in [1.54, 1.807) is 43.8 Å². The van der Waals surface area contributed by atoms with Crippen molar-refractivity contribution in [1.82, 2.24) is 10.4 Å². The van der Waals surface area contributed by atoms with Crippen LogP contribution in [0.1, 0.15) is 21.5 Å². The number of nitrogens with one attached hydrogen (secondary N) is 1. The third kappa shape index (κ3) is 4.09. The first-order chi connectivity index (χ1) is 12.3. The largest absolute Gasteiger partial charge is 0.497 e. The van der Waals surface area contributed by atoms with Gasteiger partial charge in [0.05, 0.1) is 12.8 Å². The van der Waals surface area contributed by atoms with Gasteiger partial charge in [-0.15, -0.1) is 0 Å². The van der Waals surface area contributed by atoms with Gasteiger partial charge in [0.1, 0.15) is 5.75 Å². The first-order valence-electron chi connectivity index (χ1n) is 7.76. The Morgan fingerprint density at radius 2 is 1.72 bits per heavy atom. The van der Waals surface area contributed by atoms with Gasteiger partial charge in [0.15, 0.2) is 0 Å². The third-order valence-electron chi connectivity index (χ3n) is 3.58. The summed E-state index contributed by atoms with van der Waals surface area (Å²) in [5, 5.41) is 4.33. The van der Waals surface area contributed by atoms with Crippen LogP contribution in [-0.4, -0.2) is 23.7 Å². The van der Waals surface area contributed by atoms with Crippen LogP contribution in [0, 0.1) is 0 Å². The van der Waals surface area contributed by atoms with Gasteiger partial charge in [-0.1, -0.05) is 36.4 Å². The Labute approximate surface area is 146 Å². The molecule has 0 aliphatic heterocycles. The number of carbonyl (C=O) groups is 1. The zero-order chi connectivity index (χ0) is 17.5. The normalized spacial score (nSPS) is 11.0. The van der Waals surface area contributed by atoms with Crippen LogP contribution in [0.15, 0.2) is 84.2 Å². The minimum absolute atomic E-state index is 0.309. The molecule has 1 N–H and O–H groups in total. The third-order valence-corrected chi connectivity index (χ3v) is 3.58. The van der Waals surface area contributed by atoms with E-state index in [2.05, 4.69) is 15.5 Å². The molecule has 0 saturated carbocycles. The molecule has 0 unspecified atom stereocenters. The van der Waals surface area contributed by atoms with Crippen LogP contribution in [-0.2, 0) is 0 Å². The van der Waals surface area contributed by atoms with Gasteiger partial charge in [-0.3, -0.25) is 9.78 Å². The zero-order valence-electron chi connectivity index (χ0n) is 13.7. The lowest BCUT2D eigenvalue weighted by Crippen LogP contribution is -2.20. The van der Waals surface area contributed by atoms with Gasteiger partial charge in [-0.25, -0.2) is 5.43 Å². The van der Waals surface area contributed by atoms with E-state index in [1.165, 1.54) is 0 Å². The van der Waals surface area contributed by atoms with Crippen LogP contribution in [0.25, 0.3) is 0 Å². The molecular weight excluding hydrogens is 314 g/mol. The summed E-state index contributed by atoms with van der Waals surface area (Å²) in [6.07, 6.45) is 3.41. The second-order valence-electron chi connectivity index (χ2n) is 5.24. The van der Waals surface area contributed by atoms with Crippen LogP contribution < -0.4 is 10.2 Å². The second-order valence-corrected chi connectivity index (χ2v) is 5.24. The highest BCUT2D eigenvalue weighted by molar-refractivity contribution is 6.13. The van der Waals surface area contributed by atoms with Crippen molar-refractivity contribution in [2.24, 2.45) is 5.10 Å². The first kappa shape index (κ1) is 16.4. The summed E-state index contributed by atoms with van der Waals surface area (Å²) in [7, 11) is 1.56. The van der Waals surface area contributed by atoms with E-state index in [-0.39, 0.29) is 5.91 Å². The quantitative estimate of drug-likeness (QED) is 0.576. The van der Waals surface area contributed by atoms with Crippen molar-refractivity contribution >= 4 is 11.6 Å². The molecule has 0 spiro atoms. The SMILES string of the molecule is COc1cccc(C(=O)N/N=C(\c2ccccc2)c2cccnc2)c1. The van der Waals surface area contributed by atoms with Gasteiger partial charge < -0.3 is 4.74 Å². The highest BCUT2D eigenvalue weighted by Gasteiger charge is 2.10. The summed E-state index contributed by atoms with van der Waals surface area (Å²) >= 11 is 0. The van der Waals surface area contributed by atoms with Crippen LogP contribution in [0.5, 0.6) is 5.75 Å². The standard InChI is InChI=1S/C20H17N3O2/c1-25-18-11-5-9-16(13-18)20(24)23-22-19(15-7-3-2-4-8-15)17-10-6-12-21-14-17/h2-14H,1H3,(H,23,24)/b22-19+. The molecule has 3 aromatic rings. The molecule has 124 valence electrons. The Bertz CT molecular complexity index is 836. The van der Waals surface area contributed by atoms with Crippen molar-refractivity contribution in [3.8, 4) is 5.75 Å². The average Bonchev–Trinajstić information content (AvgIpc) is 2.69. The molecule has 5 heteroatoms. The number of hydrogen-bond donors (Lipinski definition) is 1. The van der Waals surface area contributed by atoms with Crippen molar-refractivity contribution in [1.29, 1.82) is 0 Å². The topological polar surface area (TPSA) is 63.6 Å². The Kier molecular flexibility index (Phi) is 5.16. The molecule has 0 bridgehead atoms. The lowest BCUT2D eigenvalue weighted by molar-refractivity contribution is 0.0954. The summed E-state index contributed by atoms with van der Waals surface area (Å²) in [5.41, 5.74) is 5.44. The number of benzene rings is 2. The lowest BCUT2D eigenvalue weighted by Gasteiger charge is -2.08. The molecule has 25 heavy (non-hydrogen) atoms. The Morgan fingerprint density at radius 3 is 2.44 bits per heavy atom. The molecule has 2 aromatic carbocycles. The van der Waals surface area contributed by atoms with E-state index < -0.39 is 0 Å². The molecule has 0 saturated heterocycles. The fraction of sp³-hybridized carbons (Fsp3) is 0.0500. The molecular formula is C20H17N3O2. The maximum absolute atomic E-state index is 12.4. The van der Waals surface area contributed by atoms with E-state index in [0.29, 0.717) is 17.0 Å². The molecule has 5 nitrogen and oxygen atoms in total. The number of ether oxygens (including phenoxy) is 1. The monoisotopic (exact) mass is 331 g/mol. The van der Waals surface area contributed by atoms with Gasteiger partial charge in [0.2, 0.25) is 0 Å². The van der Waals surface area contributed by atoms with Crippen LogP contribution in [0.3, 0.4) is 0 Å². The summed E-state index contributed by atoms with van der Waals surface area (Å²) in [6.45, 7) is 0. The highest BCUT2D eigenvalue weighted by Crippen LogP contribution is 2.13. The summed E-state index contributed by atoms with van der Waals surface area (Å²) < 4.78 is 5.15. The Morgan fingerprint density at radius 1 is 0.960 bits per heavy atom. The molecule has 0 atom stereocenters. The first-order valence-corrected chi connectivity index (χ1v) is 7.76. The van der Waals surface area contributed by atoms with Crippen molar-refractivity contribution in [3.05, 3.63) is 95.8 Å². The van der Waals surface area contributed by atoms with Crippen molar-refractivity contribution in [2.75, 3.05) is 7.11 Å². The van der Waals surface area contributed by atoms with Crippen molar-refractivity contribution in [2.45, 2.75) is 0 Å².